The van der Waals surface area contributed by atoms with Crippen LogP contribution in [0.5, 0.6) is 0 Å². The molecule has 1 saturated heterocycles. The third-order valence-corrected chi connectivity index (χ3v) is 5.02. The van der Waals surface area contributed by atoms with Crippen molar-refractivity contribution in [2.75, 3.05) is 44.8 Å². The van der Waals surface area contributed by atoms with E-state index in [0.717, 1.165) is 25.2 Å². The Morgan fingerprint density at radius 1 is 1.10 bits per heavy atom. The number of anilines is 1. The van der Waals surface area contributed by atoms with Gasteiger partial charge in [0.1, 0.15) is 12.7 Å². The summed E-state index contributed by atoms with van der Waals surface area (Å²) in [4.78, 5) is 31.7. The SMILES string of the molecule is C[C@H](NC(=O)N1C=CN(c2cccc(C(F)(F)F)c2)C1)C(=O)N1CCN(C)CC1. The molecule has 0 radical (unpaired) electrons. The van der Waals surface area contributed by atoms with Gasteiger partial charge in [0.15, 0.2) is 0 Å². The van der Waals surface area contributed by atoms with E-state index in [2.05, 4.69) is 10.2 Å². The number of urea groups is 1. The highest BCUT2D eigenvalue weighted by atomic mass is 19.4. The molecule has 7 nitrogen and oxygen atoms in total. The Kier molecular flexibility index (Phi) is 6.02. The lowest BCUT2D eigenvalue weighted by Crippen LogP contribution is -2.54. The minimum absolute atomic E-state index is 0.0581. The molecule has 3 amide bonds. The molecule has 29 heavy (non-hydrogen) atoms. The van der Waals surface area contributed by atoms with Crippen molar-refractivity contribution in [2.24, 2.45) is 0 Å². The number of piperazine rings is 1. The van der Waals surface area contributed by atoms with Crippen molar-refractivity contribution < 1.29 is 22.8 Å². The minimum Gasteiger partial charge on any atom is -0.338 e. The van der Waals surface area contributed by atoms with Gasteiger partial charge in [-0.2, -0.15) is 13.2 Å². The number of hydrogen-bond acceptors (Lipinski definition) is 4. The predicted octanol–water partition coefficient (Wildman–Crippen LogP) is 2.13. The Balaban J connectivity index is 1.56. The van der Waals surface area contributed by atoms with Crippen LogP contribution in [-0.4, -0.2) is 72.6 Å². The molecule has 1 aromatic carbocycles. The molecule has 1 atom stereocenters. The molecule has 1 aromatic rings. The number of likely N-dealkylation sites (N-methyl/N-ethyl adjacent to an activating group) is 1. The molecule has 0 saturated carbocycles. The summed E-state index contributed by atoms with van der Waals surface area (Å²) >= 11 is 0. The Hall–Kier alpha value is -2.75. The van der Waals surface area contributed by atoms with Crippen LogP contribution in [0.4, 0.5) is 23.7 Å². The largest absolute Gasteiger partial charge is 0.416 e. The number of rotatable bonds is 3. The topological polar surface area (TPSA) is 59.1 Å². The molecule has 158 valence electrons. The molecule has 2 heterocycles. The number of hydrogen-bond donors (Lipinski definition) is 1. The number of benzene rings is 1. The monoisotopic (exact) mass is 411 g/mol. The average molecular weight is 411 g/mol. The first-order valence-corrected chi connectivity index (χ1v) is 9.32. The number of carbonyl (C=O) groups is 2. The van der Waals surface area contributed by atoms with Crippen molar-refractivity contribution in [1.29, 1.82) is 0 Å². The van der Waals surface area contributed by atoms with Crippen LogP contribution in [0, 0.1) is 0 Å². The molecule has 2 aliphatic heterocycles. The molecular weight excluding hydrogens is 387 g/mol. The summed E-state index contributed by atoms with van der Waals surface area (Å²) in [5, 5.41) is 2.66. The molecule has 0 spiro atoms. The number of amides is 3. The van der Waals surface area contributed by atoms with Crippen molar-refractivity contribution in [3.63, 3.8) is 0 Å². The van der Waals surface area contributed by atoms with Crippen molar-refractivity contribution in [1.82, 2.24) is 20.0 Å². The van der Waals surface area contributed by atoms with Crippen LogP contribution in [0.2, 0.25) is 0 Å². The van der Waals surface area contributed by atoms with Crippen LogP contribution in [0.3, 0.4) is 0 Å². The van der Waals surface area contributed by atoms with E-state index < -0.39 is 23.8 Å². The molecule has 2 aliphatic rings. The second kappa shape index (κ2) is 8.32. The van der Waals surface area contributed by atoms with Crippen molar-refractivity contribution in [3.8, 4) is 0 Å². The molecule has 1 fully saturated rings. The van der Waals surface area contributed by atoms with Gasteiger partial charge in [-0.3, -0.25) is 9.69 Å². The second-order valence-corrected chi connectivity index (χ2v) is 7.23. The molecule has 0 aliphatic carbocycles. The molecule has 10 heteroatoms. The van der Waals surface area contributed by atoms with Crippen molar-refractivity contribution >= 4 is 17.6 Å². The van der Waals surface area contributed by atoms with Crippen molar-refractivity contribution in [2.45, 2.75) is 19.1 Å². The van der Waals surface area contributed by atoms with Gasteiger partial charge in [-0.15, -0.1) is 0 Å². The highest BCUT2D eigenvalue weighted by Gasteiger charge is 2.32. The average Bonchev–Trinajstić information content (AvgIpc) is 3.18. The van der Waals surface area contributed by atoms with E-state index in [1.165, 1.54) is 28.3 Å². The van der Waals surface area contributed by atoms with Gasteiger partial charge in [0.05, 0.1) is 5.56 Å². The fourth-order valence-corrected chi connectivity index (χ4v) is 3.21. The third kappa shape index (κ3) is 5.00. The van der Waals surface area contributed by atoms with Crippen molar-refractivity contribution in [3.05, 3.63) is 42.2 Å². The number of halogens is 3. The van der Waals surface area contributed by atoms with Gasteiger partial charge in [0.2, 0.25) is 5.91 Å². The van der Waals surface area contributed by atoms with E-state index in [1.54, 1.807) is 17.9 Å². The maximum absolute atomic E-state index is 12.9. The smallest absolute Gasteiger partial charge is 0.338 e. The minimum atomic E-state index is -4.43. The molecule has 1 N–H and O–H groups in total. The lowest BCUT2D eigenvalue weighted by Gasteiger charge is -2.34. The summed E-state index contributed by atoms with van der Waals surface area (Å²) in [6.45, 7) is 4.48. The van der Waals surface area contributed by atoms with Crippen LogP contribution in [0.15, 0.2) is 36.7 Å². The van der Waals surface area contributed by atoms with Gasteiger partial charge < -0.3 is 20.0 Å². The van der Waals surface area contributed by atoms with E-state index in [-0.39, 0.29) is 12.6 Å². The van der Waals surface area contributed by atoms with Crippen LogP contribution in [-0.2, 0) is 11.0 Å². The predicted molar refractivity (Wildman–Crippen MR) is 102 cm³/mol. The van der Waals surface area contributed by atoms with Gasteiger partial charge in [0, 0.05) is 44.3 Å². The summed E-state index contributed by atoms with van der Waals surface area (Å²) in [5.74, 6) is -0.149. The number of nitrogens with one attached hydrogen (secondary N) is 1. The van der Waals surface area contributed by atoms with E-state index >= 15 is 0 Å². The van der Waals surface area contributed by atoms with E-state index in [4.69, 9.17) is 0 Å². The summed E-state index contributed by atoms with van der Waals surface area (Å²) in [6.07, 6.45) is -1.43. The summed E-state index contributed by atoms with van der Waals surface area (Å²) in [7, 11) is 1.99. The van der Waals surface area contributed by atoms with Gasteiger partial charge in [-0.1, -0.05) is 6.07 Å². The molecule has 0 bridgehead atoms. The quantitative estimate of drug-likeness (QED) is 0.828. The van der Waals surface area contributed by atoms with Gasteiger partial charge in [0.25, 0.3) is 0 Å². The Morgan fingerprint density at radius 3 is 2.45 bits per heavy atom. The Morgan fingerprint density at radius 2 is 1.79 bits per heavy atom. The maximum atomic E-state index is 12.9. The summed E-state index contributed by atoms with van der Waals surface area (Å²) in [5.41, 5.74) is -0.425. The number of nitrogens with zero attached hydrogens (tertiary/aromatic N) is 4. The molecule has 0 unspecified atom stereocenters. The number of carbonyl (C=O) groups excluding carboxylic acids is 2. The fraction of sp³-hybridized carbons (Fsp3) is 0.474. The van der Waals surface area contributed by atoms with Gasteiger partial charge >= 0.3 is 12.2 Å². The Labute approximate surface area is 167 Å². The second-order valence-electron chi connectivity index (χ2n) is 7.23. The van der Waals surface area contributed by atoms with Gasteiger partial charge in [-0.25, -0.2) is 4.79 Å². The molecular formula is C19H24F3N5O2. The van der Waals surface area contributed by atoms with E-state index in [1.807, 2.05) is 7.05 Å². The van der Waals surface area contributed by atoms with E-state index in [0.29, 0.717) is 18.8 Å². The first-order valence-electron chi connectivity index (χ1n) is 9.32. The standard InChI is InChI=1S/C19H24F3N5O2/c1-14(17(28)25-8-6-24(2)7-9-25)23-18(29)27-11-10-26(13-27)16-5-3-4-15(12-16)19(20,21)22/h3-5,10-12,14H,6-9,13H2,1-2H3,(H,23,29)/t14-/m0/s1. The summed E-state index contributed by atoms with van der Waals surface area (Å²) in [6, 6.07) is 3.73. The molecule has 0 aromatic heterocycles. The third-order valence-electron chi connectivity index (χ3n) is 5.02. The first kappa shape index (κ1) is 21.0. The van der Waals surface area contributed by atoms with Crippen LogP contribution in [0.25, 0.3) is 0 Å². The number of alkyl halides is 3. The lowest BCUT2D eigenvalue weighted by molar-refractivity contribution is -0.137. The maximum Gasteiger partial charge on any atom is 0.416 e. The van der Waals surface area contributed by atoms with Gasteiger partial charge in [-0.05, 0) is 32.2 Å². The lowest BCUT2D eigenvalue weighted by atomic mass is 10.2. The highest BCUT2D eigenvalue weighted by Crippen LogP contribution is 2.32. The molecule has 3 rings (SSSR count). The first-order chi connectivity index (χ1) is 13.6. The highest BCUT2D eigenvalue weighted by molar-refractivity contribution is 5.87. The van der Waals surface area contributed by atoms with E-state index in [9.17, 15) is 22.8 Å². The zero-order chi connectivity index (χ0) is 21.2. The van der Waals surface area contributed by atoms with Crippen LogP contribution < -0.4 is 10.2 Å². The fourth-order valence-electron chi connectivity index (χ4n) is 3.21. The van der Waals surface area contributed by atoms with Crippen LogP contribution >= 0.6 is 0 Å². The normalized spacial score (nSPS) is 18.9. The van der Waals surface area contributed by atoms with Crippen LogP contribution in [0.1, 0.15) is 12.5 Å². The zero-order valence-corrected chi connectivity index (χ0v) is 16.3. The Bertz CT molecular complexity index is 790. The summed E-state index contributed by atoms with van der Waals surface area (Å²) < 4.78 is 38.7. The zero-order valence-electron chi connectivity index (χ0n) is 16.3.